The molecule has 118 valence electrons. The van der Waals surface area contributed by atoms with Crippen molar-refractivity contribution in [2.75, 3.05) is 0 Å². The first-order valence-corrected chi connectivity index (χ1v) is 8.73. The highest BCUT2D eigenvalue weighted by Gasteiger charge is 2.32. The van der Waals surface area contributed by atoms with Crippen LogP contribution in [0, 0.1) is 13.8 Å². The summed E-state index contributed by atoms with van der Waals surface area (Å²) in [6.07, 6.45) is 5.31. The fourth-order valence-electron chi connectivity index (χ4n) is 4.25. The van der Waals surface area contributed by atoms with E-state index in [1.807, 2.05) is 0 Å². The van der Waals surface area contributed by atoms with Crippen molar-refractivity contribution in [1.29, 1.82) is 0 Å². The fraction of sp³-hybridized carbons (Fsp3) is 0.381. The Kier molecular flexibility index (Phi) is 3.48. The highest BCUT2D eigenvalue weighted by atomic mass is 15.2. The SMILES string of the molecule is Cc1ccc(-c2n(C3CCCC3)c3ccccc3[n+]2C)c(C)c1. The Bertz CT molecular complexity index is 867. The molecule has 1 heterocycles. The molecule has 0 amide bonds. The number of benzene rings is 2. The number of aryl methyl sites for hydroxylation is 3. The standard InChI is InChI=1S/C21H25N2/c1-15-12-13-18(16(2)14-15)21-22(3)19-10-6-7-11-20(19)23(21)17-8-4-5-9-17/h6-7,10-14,17H,4-5,8-9H2,1-3H3/q+1. The number of imidazole rings is 1. The lowest BCUT2D eigenvalue weighted by Gasteiger charge is -2.12. The van der Waals surface area contributed by atoms with Crippen LogP contribution in [-0.4, -0.2) is 4.57 Å². The summed E-state index contributed by atoms with van der Waals surface area (Å²) in [5.41, 5.74) is 6.76. The van der Waals surface area contributed by atoms with Gasteiger partial charge in [0.15, 0.2) is 11.0 Å². The normalized spacial score (nSPS) is 15.6. The number of para-hydroxylation sites is 2. The average molecular weight is 305 g/mol. The Labute approximate surface area is 138 Å². The molecule has 0 aliphatic heterocycles. The van der Waals surface area contributed by atoms with Crippen molar-refractivity contribution in [3.05, 3.63) is 53.6 Å². The van der Waals surface area contributed by atoms with Gasteiger partial charge in [0.2, 0.25) is 0 Å². The summed E-state index contributed by atoms with van der Waals surface area (Å²) in [5.74, 6) is 1.36. The van der Waals surface area contributed by atoms with Crippen molar-refractivity contribution >= 4 is 11.0 Å². The summed E-state index contributed by atoms with van der Waals surface area (Å²) < 4.78 is 4.99. The van der Waals surface area contributed by atoms with Gasteiger partial charge in [-0.15, -0.1) is 0 Å². The molecule has 2 nitrogen and oxygen atoms in total. The molecule has 1 fully saturated rings. The van der Waals surface area contributed by atoms with Gasteiger partial charge in [0.25, 0.3) is 5.82 Å². The van der Waals surface area contributed by atoms with Crippen LogP contribution >= 0.6 is 0 Å². The van der Waals surface area contributed by atoms with Crippen molar-refractivity contribution in [2.45, 2.75) is 45.6 Å². The number of hydrogen-bond donors (Lipinski definition) is 0. The second kappa shape index (κ2) is 5.52. The van der Waals surface area contributed by atoms with Gasteiger partial charge in [0.1, 0.15) is 6.04 Å². The molecule has 1 aliphatic rings. The van der Waals surface area contributed by atoms with E-state index in [9.17, 15) is 0 Å². The van der Waals surface area contributed by atoms with Gasteiger partial charge >= 0.3 is 0 Å². The third-order valence-electron chi connectivity index (χ3n) is 5.36. The Balaban J connectivity index is 2.04. The Morgan fingerprint density at radius 1 is 1.00 bits per heavy atom. The van der Waals surface area contributed by atoms with E-state index in [1.54, 1.807) is 0 Å². The van der Waals surface area contributed by atoms with Crippen LogP contribution in [0.15, 0.2) is 42.5 Å². The molecule has 1 aliphatic carbocycles. The Hall–Kier alpha value is -2.09. The molecular weight excluding hydrogens is 280 g/mol. The largest absolute Gasteiger partial charge is 0.290 e. The summed E-state index contributed by atoms with van der Waals surface area (Å²) >= 11 is 0. The molecule has 0 saturated heterocycles. The predicted molar refractivity (Wildman–Crippen MR) is 95.5 cm³/mol. The van der Waals surface area contributed by atoms with E-state index in [-0.39, 0.29) is 0 Å². The van der Waals surface area contributed by atoms with Gasteiger partial charge in [-0.2, -0.15) is 0 Å². The maximum absolute atomic E-state index is 2.61. The highest BCUT2D eigenvalue weighted by molar-refractivity contribution is 5.77. The van der Waals surface area contributed by atoms with Gasteiger partial charge in [-0.3, -0.25) is 0 Å². The van der Waals surface area contributed by atoms with Crippen molar-refractivity contribution in [2.24, 2.45) is 7.05 Å². The Morgan fingerprint density at radius 3 is 2.48 bits per heavy atom. The molecule has 2 heteroatoms. The van der Waals surface area contributed by atoms with Crippen LogP contribution in [0.25, 0.3) is 22.4 Å². The molecule has 23 heavy (non-hydrogen) atoms. The zero-order chi connectivity index (χ0) is 16.0. The van der Waals surface area contributed by atoms with Gasteiger partial charge < -0.3 is 0 Å². The van der Waals surface area contributed by atoms with E-state index in [0.29, 0.717) is 6.04 Å². The van der Waals surface area contributed by atoms with Crippen LogP contribution in [-0.2, 0) is 7.05 Å². The first kappa shape index (κ1) is 14.5. The average Bonchev–Trinajstić information content (AvgIpc) is 3.15. The van der Waals surface area contributed by atoms with Crippen LogP contribution < -0.4 is 4.57 Å². The van der Waals surface area contributed by atoms with E-state index in [4.69, 9.17) is 0 Å². The molecule has 1 aromatic heterocycles. The zero-order valence-corrected chi connectivity index (χ0v) is 14.3. The molecule has 4 rings (SSSR count). The second-order valence-electron chi connectivity index (χ2n) is 7.00. The van der Waals surface area contributed by atoms with E-state index in [1.165, 1.54) is 59.2 Å². The van der Waals surface area contributed by atoms with E-state index in [0.717, 1.165) is 0 Å². The number of nitrogens with zero attached hydrogens (tertiary/aromatic N) is 2. The number of fused-ring (bicyclic) bond motifs is 1. The van der Waals surface area contributed by atoms with Gasteiger partial charge in [-0.1, -0.05) is 29.8 Å². The summed E-state index contributed by atoms with van der Waals surface area (Å²) in [6.45, 7) is 4.41. The van der Waals surface area contributed by atoms with Crippen LogP contribution in [0.1, 0.15) is 42.9 Å². The topological polar surface area (TPSA) is 8.81 Å². The van der Waals surface area contributed by atoms with Crippen LogP contribution in [0.4, 0.5) is 0 Å². The molecular formula is C21H25N2+. The van der Waals surface area contributed by atoms with Gasteiger partial charge in [-0.25, -0.2) is 9.13 Å². The van der Waals surface area contributed by atoms with Crippen molar-refractivity contribution in [3.63, 3.8) is 0 Å². The van der Waals surface area contributed by atoms with E-state index >= 15 is 0 Å². The molecule has 3 aromatic rings. The number of rotatable bonds is 2. The predicted octanol–water partition coefficient (Wildman–Crippen LogP) is 4.86. The third-order valence-corrected chi connectivity index (χ3v) is 5.36. The van der Waals surface area contributed by atoms with E-state index < -0.39 is 0 Å². The molecule has 2 aromatic carbocycles. The summed E-state index contributed by atoms with van der Waals surface area (Å²) in [7, 11) is 2.21. The van der Waals surface area contributed by atoms with Gasteiger partial charge in [0, 0.05) is 0 Å². The van der Waals surface area contributed by atoms with Crippen molar-refractivity contribution in [3.8, 4) is 11.4 Å². The summed E-state index contributed by atoms with van der Waals surface area (Å²) in [5, 5.41) is 0. The fourth-order valence-corrected chi connectivity index (χ4v) is 4.25. The maximum atomic E-state index is 2.61. The lowest BCUT2D eigenvalue weighted by Crippen LogP contribution is -2.31. The Morgan fingerprint density at radius 2 is 1.74 bits per heavy atom. The van der Waals surface area contributed by atoms with Crippen LogP contribution in [0.5, 0.6) is 0 Å². The van der Waals surface area contributed by atoms with E-state index in [2.05, 4.69) is 72.5 Å². The number of aromatic nitrogens is 2. The number of hydrogen-bond acceptors (Lipinski definition) is 0. The summed E-state index contributed by atoms with van der Waals surface area (Å²) in [6, 6.07) is 16.3. The molecule has 0 radical (unpaired) electrons. The highest BCUT2D eigenvalue weighted by Crippen LogP contribution is 2.36. The lowest BCUT2D eigenvalue weighted by molar-refractivity contribution is -0.634. The minimum Gasteiger partial charge on any atom is -0.226 e. The monoisotopic (exact) mass is 305 g/mol. The first-order chi connectivity index (χ1) is 11.2. The van der Waals surface area contributed by atoms with Crippen molar-refractivity contribution in [1.82, 2.24) is 4.57 Å². The minimum absolute atomic E-state index is 0.636. The van der Waals surface area contributed by atoms with Gasteiger partial charge in [-0.05, 0) is 63.3 Å². The van der Waals surface area contributed by atoms with Crippen molar-refractivity contribution < 1.29 is 4.57 Å². The van der Waals surface area contributed by atoms with Crippen LogP contribution in [0.2, 0.25) is 0 Å². The molecule has 0 bridgehead atoms. The van der Waals surface area contributed by atoms with Gasteiger partial charge in [0.05, 0.1) is 12.6 Å². The molecule has 0 N–H and O–H groups in total. The van der Waals surface area contributed by atoms with Crippen LogP contribution in [0.3, 0.4) is 0 Å². The smallest absolute Gasteiger partial charge is 0.226 e. The first-order valence-electron chi connectivity index (χ1n) is 8.73. The molecule has 0 unspecified atom stereocenters. The minimum atomic E-state index is 0.636. The molecule has 0 spiro atoms. The lowest BCUT2D eigenvalue weighted by atomic mass is 10.0. The molecule has 0 atom stereocenters. The second-order valence-corrected chi connectivity index (χ2v) is 7.00. The zero-order valence-electron chi connectivity index (χ0n) is 14.3. The molecule has 1 saturated carbocycles. The third kappa shape index (κ3) is 2.28. The quantitative estimate of drug-likeness (QED) is 0.598. The summed E-state index contributed by atoms with van der Waals surface area (Å²) in [4.78, 5) is 0. The maximum Gasteiger partial charge on any atom is 0.290 e.